The fourth-order valence-electron chi connectivity index (χ4n) is 5.33. The van der Waals surface area contributed by atoms with Crippen LogP contribution in [-0.4, -0.2) is 41.6 Å². The minimum Gasteiger partial charge on any atom is -0.493 e. The quantitative estimate of drug-likeness (QED) is 0.897. The van der Waals surface area contributed by atoms with Gasteiger partial charge < -0.3 is 14.7 Å². The number of rotatable bonds is 2. The van der Waals surface area contributed by atoms with Gasteiger partial charge in [0.1, 0.15) is 5.75 Å². The van der Waals surface area contributed by atoms with Gasteiger partial charge in [-0.25, -0.2) is 0 Å². The molecule has 5 heteroatoms. The molecule has 3 atom stereocenters. The number of amides is 1. The van der Waals surface area contributed by atoms with E-state index in [0.29, 0.717) is 19.7 Å². The van der Waals surface area contributed by atoms with Crippen LogP contribution in [0.2, 0.25) is 0 Å². The molecule has 1 aromatic carbocycles. The number of carbonyl (C=O) groups is 2. The Hall–Kier alpha value is -2.04. The molecule has 0 radical (unpaired) electrons. The smallest absolute Gasteiger partial charge is 0.307 e. The van der Waals surface area contributed by atoms with Gasteiger partial charge in [-0.2, -0.15) is 0 Å². The number of carbonyl (C=O) groups excluding carboxylic acids is 1. The van der Waals surface area contributed by atoms with Crippen LogP contribution in [0.25, 0.3) is 0 Å². The third-order valence-electron chi connectivity index (χ3n) is 7.16. The normalized spacial score (nSPS) is 34.3. The van der Waals surface area contributed by atoms with Gasteiger partial charge in [0.25, 0.3) is 0 Å². The number of carboxylic acid groups (broad SMARTS) is 1. The molecule has 0 aromatic heterocycles. The van der Waals surface area contributed by atoms with Gasteiger partial charge in [-0.15, -0.1) is 0 Å². The van der Waals surface area contributed by atoms with Gasteiger partial charge in [0.15, 0.2) is 0 Å². The molecule has 1 saturated heterocycles. The van der Waals surface area contributed by atoms with Crippen LogP contribution in [0.1, 0.15) is 37.7 Å². The molecule has 1 unspecified atom stereocenters. The van der Waals surface area contributed by atoms with E-state index in [1.807, 2.05) is 23.1 Å². The van der Waals surface area contributed by atoms with Gasteiger partial charge >= 0.3 is 5.97 Å². The second kappa shape index (κ2) is 4.99. The van der Waals surface area contributed by atoms with E-state index in [-0.39, 0.29) is 28.6 Å². The fraction of sp³-hybridized carbons (Fsp3) is 0.600. The van der Waals surface area contributed by atoms with Crippen molar-refractivity contribution in [1.82, 2.24) is 4.90 Å². The lowest BCUT2D eigenvalue weighted by molar-refractivity contribution is -0.140. The van der Waals surface area contributed by atoms with Gasteiger partial charge in [0.05, 0.1) is 12.5 Å². The van der Waals surface area contributed by atoms with Gasteiger partial charge in [-0.1, -0.05) is 18.2 Å². The third kappa shape index (κ3) is 2.14. The summed E-state index contributed by atoms with van der Waals surface area (Å²) in [4.78, 5) is 26.2. The molecule has 1 N–H and O–H groups in total. The van der Waals surface area contributed by atoms with Gasteiger partial charge in [0.2, 0.25) is 5.91 Å². The Morgan fingerprint density at radius 2 is 1.84 bits per heavy atom. The summed E-state index contributed by atoms with van der Waals surface area (Å²) in [6.07, 6.45) is 4.32. The number of hydrogen-bond acceptors (Lipinski definition) is 3. The lowest BCUT2D eigenvalue weighted by Crippen LogP contribution is -2.42. The van der Waals surface area contributed by atoms with Crippen molar-refractivity contribution < 1.29 is 19.4 Å². The third-order valence-corrected chi connectivity index (χ3v) is 7.16. The number of aliphatic carboxylic acids is 1. The first-order valence-electron chi connectivity index (χ1n) is 9.30. The van der Waals surface area contributed by atoms with Crippen molar-refractivity contribution in [2.24, 2.45) is 17.3 Å². The molecule has 5 rings (SSSR count). The van der Waals surface area contributed by atoms with Crippen LogP contribution in [0.15, 0.2) is 24.3 Å². The number of para-hydroxylation sites is 1. The molecule has 0 bridgehead atoms. The summed E-state index contributed by atoms with van der Waals surface area (Å²) in [5.41, 5.74) is 1.15. The van der Waals surface area contributed by atoms with E-state index in [2.05, 4.69) is 6.07 Å². The number of hydrogen-bond donors (Lipinski definition) is 1. The predicted molar refractivity (Wildman–Crippen MR) is 90.3 cm³/mol. The van der Waals surface area contributed by atoms with Crippen molar-refractivity contribution in [2.45, 2.75) is 37.5 Å². The number of nitrogens with zero attached hydrogens (tertiary/aromatic N) is 1. The Bertz CT molecular complexity index is 752. The molecule has 2 aliphatic heterocycles. The summed E-state index contributed by atoms with van der Waals surface area (Å²) < 4.78 is 5.76. The zero-order chi connectivity index (χ0) is 17.2. The maximum Gasteiger partial charge on any atom is 0.307 e. The van der Waals surface area contributed by atoms with Crippen LogP contribution in [0, 0.1) is 17.3 Å². The number of ether oxygens (including phenoxy) is 1. The molecular formula is C20H23NO4. The number of carboxylic acids is 1. The summed E-state index contributed by atoms with van der Waals surface area (Å²) in [5.74, 6) is 0.420. The molecule has 2 saturated carbocycles. The summed E-state index contributed by atoms with van der Waals surface area (Å²) >= 11 is 0. The van der Waals surface area contributed by atoms with Crippen molar-refractivity contribution in [1.29, 1.82) is 0 Å². The van der Waals surface area contributed by atoms with Crippen molar-refractivity contribution >= 4 is 11.9 Å². The molecule has 4 aliphatic rings. The van der Waals surface area contributed by atoms with E-state index in [9.17, 15) is 14.7 Å². The summed E-state index contributed by atoms with van der Waals surface area (Å²) in [6, 6.07) is 8.11. The maximum absolute atomic E-state index is 13.1. The Labute approximate surface area is 147 Å². The minimum absolute atomic E-state index is 0.0187. The molecular weight excluding hydrogens is 318 g/mol. The topological polar surface area (TPSA) is 66.8 Å². The van der Waals surface area contributed by atoms with Crippen molar-refractivity contribution in [3.8, 4) is 5.75 Å². The monoisotopic (exact) mass is 341 g/mol. The number of piperidine rings is 1. The molecule has 2 spiro atoms. The summed E-state index contributed by atoms with van der Waals surface area (Å²) in [6.45, 7) is 2.12. The van der Waals surface area contributed by atoms with Gasteiger partial charge in [-0.05, 0) is 43.6 Å². The predicted octanol–water partition coefficient (Wildman–Crippen LogP) is 2.44. The van der Waals surface area contributed by atoms with Gasteiger partial charge in [0, 0.05) is 30.0 Å². The largest absolute Gasteiger partial charge is 0.493 e. The highest BCUT2D eigenvalue weighted by molar-refractivity contribution is 5.85. The lowest BCUT2D eigenvalue weighted by atomic mass is 9.86. The Morgan fingerprint density at radius 3 is 2.56 bits per heavy atom. The molecule has 2 aliphatic carbocycles. The van der Waals surface area contributed by atoms with E-state index in [1.54, 1.807) is 0 Å². The van der Waals surface area contributed by atoms with E-state index in [4.69, 9.17) is 4.74 Å². The Morgan fingerprint density at radius 1 is 1.08 bits per heavy atom. The van der Waals surface area contributed by atoms with Crippen molar-refractivity contribution in [3.63, 3.8) is 0 Å². The number of benzene rings is 1. The zero-order valence-corrected chi connectivity index (χ0v) is 14.2. The first-order chi connectivity index (χ1) is 12.1. The summed E-state index contributed by atoms with van der Waals surface area (Å²) in [5, 5.41) is 9.21. The van der Waals surface area contributed by atoms with Crippen molar-refractivity contribution in [3.05, 3.63) is 29.8 Å². The molecule has 2 heterocycles. The number of fused-ring (bicyclic) bond motifs is 2. The maximum atomic E-state index is 13.1. The first kappa shape index (κ1) is 15.2. The average Bonchev–Trinajstić information content (AvgIpc) is 3.52. The average molecular weight is 341 g/mol. The highest BCUT2D eigenvalue weighted by atomic mass is 16.5. The number of likely N-dealkylation sites (tertiary alicyclic amines) is 1. The SMILES string of the molecule is O=C(O)C1CC12CCN(C(=O)[C@@H]1C[C@]13CCOc1ccccc13)CC2. The van der Waals surface area contributed by atoms with Crippen LogP contribution >= 0.6 is 0 Å². The Kier molecular flexibility index (Phi) is 3.04. The standard InChI is InChI=1S/C20H23NO4/c22-17(21-8-5-19(6-9-21)11-15(19)18(23)24)14-12-20(14)7-10-25-16-4-2-1-3-13(16)20/h1-4,14-15H,5-12H2,(H,23,24)/t14-,15?,20-/m0/s1. The van der Waals surface area contributed by atoms with Crippen LogP contribution in [0.3, 0.4) is 0 Å². The van der Waals surface area contributed by atoms with E-state index < -0.39 is 5.97 Å². The molecule has 25 heavy (non-hydrogen) atoms. The lowest BCUT2D eigenvalue weighted by Gasteiger charge is -2.34. The highest BCUT2D eigenvalue weighted by Gasteiger charge is 2.63. The van der Waals surface area contributed by atoms with E-state index >= 15 is 0 Å². The van der Waals surface area contributed by atoms with E-state index in [0.717, 1.165) is 37.9 Å². The fourth-order valence-corrected chi connectivity index (χ4v) is 5.33. The van der Waals surface area contributed by atoms with Crippen LogP contribution in [-0.2, 0) is 15.0 Å². The van der Waals surface area contributed by atoms with Crippen LogP contribution < -0.4 is 4.74 Å². The molecule has 1 aromatic rings. The van der Waals surface area contributed by atoms with Crippen LogP contribution in [0.4, 0.5) is 0 Å². The van der Waals surface area contributed by atoms with Crippen LogP contribution in [0.5, 0.6) is 5.75 Å². The Balaban J connectivity index is 1.28. The minimum atomic E-state index is -0.667. The van der Waals surface area contributed by atoms with Gasteiger partial charge in [-0.3, -0.25) is 9.59 Å². The van der Waals surface area contributed by atoms with Crippen molar-refractivity contribution in [2.75, 3.05) is 19.7 Å². The highest BCUT2D eigenvalue weighted by Crippen LogP contribution is 2.62. The second-order valence-corrected chi connectivity index (χ2v) is 8.29. The second-order valence-electron chi connectivity index (χ2n) is 8.29. The zero-order valence-electron chi connectivity index (χ0n) is 14.2. The molecule has 1 amide bonds. The molecule has 5 nitrogen and oxygen atoms in total. The molecule has 3 fully saturated rings. The first-order valence-corrected chi connectivity index (χ1v) is 9.30. The molecule has 132 valence electrons. The summed E-state index contributed by atoms with van der Waals surface area (Å²) in [7, 11) is 0. The van der Waals surface area contributed by atoms with E-state index in [1.165, 1.54) is 5.56 Å².